The number of anilines is 2. The first-order valence-corrected chi connectivity index (χ1v) is 12.0. The number of hydrogen-bond donors (Lipinski definition) is 3. The van der Waals surface area contributed by atoms with Crippen LogP contribution in [-0.4, -0.2) is 20.1 Å². The maximum Gasteiger partial charge on any atom is 0.231 e. The van der Waals surface area contributed by atoms with E-state index in [2.05, 4.69) is 81.4 Å². The lowest BCUT2D eigenvalue weighted by Crippen LogP contribution is -2.24. The fourth-order valence-electron chi connectivity index (χ4n) is 3.99. The Labute approximate surface area is 193 Å². The van der Waals surface area contributed by atoms with E-state index < -0.39 is 0 Å². The normalized spacial score (nSPS) is 12.3. The minimum atomic E-state index is -0.207. The summed E-state index contributed by atoms with van der Waals surface area (Å²) in [7, 11) is 0. The summed E-state index contributed by atoms with van der Waals surface area (Å²) >= 11 is 4.40. The fourth-order valence-corrected chi connectivity index (χ4v) is 4.20. The van der Waals surface area contributed by atoms with Crippen LogP contribution in [0.25, 0.3) is 0 Å². The molecule has 0 aliphatic carbocycles. The van der Waals surface area contributed by atoms with Gasteiger partial charge in [-0.05, 0) is 34.9 Å². The van der Waals surface area contributed by atoms with Crippen LogP contribution < -0.4 is 5.32 Å². The van der Waals surface area contributed by atoms with E-state index in [9.17, 15) is 5.11 Å². The van der Waals surface area contributed by atoms with Crippen molar-refractivity contribution in [1.29, 1.82) is 0 Å². The van der Waals surface area contributed by atoms with Crippen LogP contribution in [0.3, 0.4) is 0 Å². The molecule has 0 unspecified atom stereocenters. The number of unbranched alkanes of at least 4 members (excludes halogenated alkanes) is 5. The Morgan fingerprint density at radius 2 is 1.45 bits per heavy atom. The summed E-state index contributed by atoms with van der Waals surface area (Å²) in [6.07, 6.45) is 8.21. The van der Waals surface area contributed by atoms with Crippen molar-refractivity contribution in [3.63, 3.8) is 0 Å². The van der Waals surface area contributed by atoms with Crippen molar-refractivity contribution in [2.45, 2.75) is 109 Å². The average Bonchev–Trinajstić information content (AvgIpc) is 2.63. The molecule has 0 bridgehead atoms. The molecule has 2 N–H and O–H groups in total. The molecule has 1 heterocycles. The van der Waals surface area contributed by atoms with E-state index in [1.54, 1.807) is 6.07 Å². The zero-order chi connectivity index (χ0) is 23.2. The molecule has 0 saturated heterocycles. The van der Waals surface area contributed by atoms with Crippen molar-refractivity contribution >= 4 is 24.3 Å². The smallest absolute Gasteiger partial charge is 0.231 e. The van der Waals surface area contributed by atoms with Crippen LogP contribution in [0, 0.1) is 0 Å². The quantitative estimate of drug-likeness (QED) is 0.218. The highest BCUT2D eigenvalue weighted by Crippen LogP contribution is 2.43. The summed E-state index contributed by atoms with van der Waals surface area (Å²) in [5.74, 6) is 1.58. The number of nitrogens with one attached hydrogen (secondary N) is 1. The van der Waals surface area contributed by atoms with Crippen LogP contribution in [0.4, 0.5) is 11.6 Å². The van der Waals surface area contributed by atoms with Gasteiger partial charge in [0.05, 0.1) is 0 Å². The number of thiol groups is 1. The standard InChI is InChI=1S/C25H40N4OS/c1-8-9-10-11-12-13-14-19-27-22(29-23(31)28-19)26-17-15-16-18(30)21(25(5,6)7)20(17)24(2,3)4/h15-16,30H,8-14H2,1-7H3,(H2,26,27,28,29,31). The van der Waals surface area contributed by atoms with E-state index in [0.29, 0.717) is 16.9 Å². The minimum Gasteiger partial charge on any atom is -0.508 e. The molecule has 0 radical (unpaired) electrons. The highest BCUT2D eigenvalue weighted by atomic mass is 32.1. The third-order valence-corrected chi connectivity index (χ3v) is 5.55. The Morgan fingerprint density at radius 3 is 2.06 bits per heavy atom. The summed E-state index contributed by atoms with van der Waals surface area (Å²) < 4.78 is 0. The lowest BCUT2D eigenvalue weighted by atomic mass is 9.74. The molecule has 2 aromatic rings. The summed E-state index contributed by atoms with van der Waals surface area (Å²) in [5, 5.41) is 14.5. The number of phenols is 1. The minimum absolute atomic E-state index is 0.179. The monoisotopic (exact) mass is 444 g/mol. The number of rotatable bonds is 9. The van der Waals surface area contributed by atoms with Crippen molar-refractivity contribution in [1.82, 2.24) is 15.0 Å². The van der Waals surface area contributed by atoms with E-state index in [-0.39, 0.29) is 10.8 Å². The van der Waals surface area contributed by atoms with Gasteiger partial charge >= 0.3 is 0 Å². The van der Waals surface area contributed by atoms with Gasteiger partial charge in [0, 0.05) is 17.7 Å². The molecule has 31 heavy (non-hydrogen) atoms. The van der Waals surface area contributed by atoms with Gasteiger partial charge in [0.25, 0.3) is 0 Å². The Kier molecular flexibility index (Phi) is 8.75. The maximum absolute atomic E-state index is 10.7. The van der Waals surface area contributed by atoms with E-state index in [0.717, 1.165) is 35.5 Å². The van der Waals surface area contributed by atoms with Crippen molar-refractivity contribution in [2.75, 3.05) is 5.32 Å². The molecule has 6 heteroatoms. The van der Waals surface area contributed by atoms with Crippen molar-refractivity contribution in [3.05, 3.63) is 29.1 Å². The molecular weight excluding hydrogens is 404 g/mol. The Morgan fingerprint density at radius 1 is 0.839 bits per heavy atom. The van der Waals surface area contributed by atoms with Gasteiger partial charge < -0.3 is 10.4 Å². The molecule has 2 rings (SSSR count). The third-order valence-electron chi connectivity index (χ3n) is 5.35. The van der Waals surface area contributed by atoms with Gasteiger partial charge in [0.1, 0.15) is 11.6 Å². The number of hydrogen-bond acceptors (Lipinski definition) is 6. The van der Waals surface area contributed by atoms with Gasteiger partial charge in [-0.25, -0.2) is 4.98 Å². The average molecular weight is 445 g/mol. The maximum atomic E-state index is 10.7. The molecule has 1 aromatic heterocycles. The van der Waals surface area contributed by atoms with E-state index in [1.807, 2.05) is 6.07 Å². The summed E-state index contributed by atoms with van der Waals surface area (Å²) in [4.78, 5) is 13.5. The second-order valence-electron chi connectivity index (χ2n) is 10.4. The molecule has 0 amide bonds. The molecule has 0 aliphatic rings. The number of aromatic hydroxyl groups is 1. The molecular formula is C25H40N4OS. The van der Waals surface area contributed by atoms with Crippen LogP contribution in [0.1, 0.15) is 104 Å². The summed E-state index contributed by atoms with van der Waals surface area (Å²) in [5.41, 5.74) is 2.53. The van der Waals surface area contributed by atoms with Gasteiger partial charge in [-0.15, -0.1) is 12.6 Å². The second-order valence-corrected chi connectivity index (χ2v) is 10.8. The summed E-state index contributed by atoms with van der Waals surface area (Å²) in [6.45, 7) is 15.1. The van der Waals surface area contributed by atoms with Crippen LogP contribution in [-0.2, 0) is 17.3 Å². The Hall–Kier alpha value is -1.82. The highest BCUT2D eigenvalue weighted by Gasteiger charge is 2.31. The second kappa shape index (κ2) is 10.7. The van der Waals surface area contributed by atoms with Gasteiger partial charge in [0.2, 0.25) is 5.95 Å². The van der Waals surface area contributed by atoms with E-state index in [4.69, 9.17) is 0 Å². The molecule has 0 atom stereocenters. The molecule has 1 aromatic carbocycles. The van der Waals surface area contributed by atoms with E-state index >= 15 is 0 Å². The van der Waals surface area contributed by atoms with Crippen molar-refractivity contribution in [2.24, 2.45) is 0 Å². The first-order valence-electron chi connectivity index (χ1n) is 11.5. The zero-order valence-electron chi connectivity index (χ0n) is 20.3. The molecule has 5 nitrogen and oxygen atoms in total. The Balaban J connectivity index is 2.29. The predicted octanol–water partition coefficient (Wildman–Crippen LogP) is 7.11. The first-order chi connectivity index (χ1) is 14.4. The molecule has 0 aliphatic heterocycles. The van der Waals surface area contributed by atoms with Crippen LogP contribution in [0.5, 0.6) is 5.75 Å². The third kappa shape index (κ3) is 7.37. The van der Waals surface area contributed by atoms with Crippen LogP contribution >= 0.6 is 12.6 Å². The summed E-state index contributed by atoms with van der Waals surface area (Å²) in [6, 6.07) is 3.65. The van der Waals surface area contributed by atoms with Crippen LogP contribution in [0.2, 0.25) is 0 Å². The lowest BCUT2D eigenvalue weighted by Gasteiger charge is -2.33. The van der Waals surface area contributed by atoms with Gasteiger partial charge in [0.15, 0.2) is 5.16 Å². The Bertz CT molecular complexity index is 869. The molecule has 0 saturated carbocycles. The number of aryl methyl sites for hydroxylation is 1. The number of benzene rings is 1. The van der Waals surface area contributed by atoms with E-state index in [1.165, 1.54) is 32.1 Å². The predicted molar refractivity (Wildman–Crippen MR) is 133 cm³/mol. The van der Waals surface area contributed by atoms with Gasteiger partial charge in [-0.1, -0.05) is 80.6 Å². The largest absolute Gasteiger partial charge is 0.508 e. The van der Waals surface area contributed by atoms with Crippen LogP contribution in [0.15, 0.2) is 17.3 Å². The lowest BCUT2D eigenvalue weighted by molar-refractivity contribution is 0.436. The van der Waals surface area contributed by atoms with Crippen molar-refractivity contribution < 1.29 is 5.11 Å². The zero-order valence-corrected chi connectivity index (χ0v) is 21.2. The first kappa shape index (κ1) is 25.4. The molecule has 172 valence electrons. The SMILES string of the molecule is CCCCCCCCc1nc(S)nc(Nc2ccc(O)c(C(C)(C)C)c2C(C)(C)C)n1. The van der Waals surface area contributed by atoms with Crippen molar-refractivity contribution in [3.8, 4) is 5.75 Å². The molecule has 0 fully saturated rings. The highest BCUT2D eigenvalue weighted by molar-refractivity contribution is 7.80. The number of phenolic OH excluding ortho intramolecular Hbond substituents is 1. The fraction of sp³-hybridized carbons (Fsp3) is 0.640. The molecule has 0 spiro atoms. The van der Waals surface area contributed by atoms with Gasteiger partial charge in [-0.3, -0.25) is 0 Å². The number of aromatic nitrogens is 3. The number of nitrogens with zero attached hydrogens (tertiary/aromatic N) is 3. The topological polar surface area (TPSA) is 70.9 Å². The van der Waals surface area contributed by atoms with Gasteiger partial charge in [-0.2, -0.15) is 9.97 Å².